The molecule has 0 aromatic rings. The summed E-state index contributed by atoms with van der Waals surface area (Å²) in [5, 5.41) is 0. The smallest absolute Gasteiger partial charge is 0.223 e. The van der Waals surface area contributed by atoms with Crippen molar-refractivity contribution in [1.29, 1.82) is 0 Å². The Bertz CT molecular complexity index is 325. The van der Waals surface area contributed by atoms with Gasteiger partial charge in [0.25, 0.3) is 0 Å². The molecule has 13 heavy (non-hydrogen) atoms. The van der Waals surface area contributed by atoms with Crippen LogP contribution < -0.4 is 0 Å². The summed E-state index contributed by atoms with van der Waals surface area (Å²) in [4.78, 5) is 13.1. The van der Waals surface area contributed by atoms with Crippen molar-refractivity contribution in [2.45, 2.75) is 19.9 Å². The van der Waals surface area contributed by atoms with Crippen molar-refractivity contribution in [3.8, 4) is 0 Å². The van der Waals surface area contributed by atoms with E-state index in [9.17, 15) is 4.79 Å². The number of allylic oxidation sites excluding steroid dienone is 2. The van der Waals surface area contributed by atoms with Gasteiger partial charge in [0, 0.05) is 19.0 Å². The summed E-state index contributed by atoms with van der Waals surface area (Å²) in [5.74, 6) is 0.515. The monoisotopic (exact) mass is 175 g/mol. The van der Waals surface area contributed by atoms with Gasteiger partial charge < -0.3 is 4.90 Å². The molecule has 0 aromatic carbocycles. The third-order valence-corrected chi connectivity index (χ3v) is 2.66. The lowest BCUT2D eigenvalue weighted by Gasteiger charge is -2.24. The highest BCUT2D eigenvalue weighted by Gasteiger charge is 2.32. The van der Waals surface area contributed by atoms with Crippen LogP contribution in [0.3, 0.4) is 0 Å². The minimum Gasteiger partial charge on any atom is -0.312 e. The largest absolute Gasteiger partial charge is 0.312 e. The fraction of sp³-hybridized carbons (Fsp3) is 0.364. The summed E-state index contributed by atoms with van der Waals surface area (Å²) in [6.45, 7) is 3.68. The van der Waals surface area contributed by atoms with Crippen LogP contribution in [0.2, 0.25) is 0 Å². The fourth-order valence-corrected chi connectivity index (χ4v) is 1.97. The lowest BCUT2D eigenvalue weighted by Crippen LogP contribution is -2.33. The maximum absolute atomic E-state index is 11.3. The summed E-state index contributed by atoms with van der Waals surface area (Å²) < 4.78 is 0. The van der Waals surface area contributed by atoms with Gasteiger partial charge in [0.05, 0.1) is 6.04 Å². The quantitative estimate of drug-likeness (QED) is 0.550. The van der Waals surface area contributed by atoms with Crippen LogP contribution in [0.15, 0.2) is 36.1 Å². The molecule has 0 radical (unpaired) electrons. The molecule has 0 saturated heterocycles. The van der Waals surface area contributed by atoms with E-state index >= 15 is 0 Å². The van der Waals surface area contributed by atoms with Crippen LogP contribution in [0.4, 0.5) is 0 Å². The average Bonchev–Trinajstić information content (AvgIpc) is 2.45. The van der Waals surface area contributed by atoms with Crippen LogP contribution in [-0.4, -0.2) is 16.8 Å². The van der Waals surface area contributed by atoms with Gasteiger partial charge in [-0.05, 0) is 12.5 Å². The minimum absolute atomic E-state index is 0.117. The maximum Gasteiger partial charge on any atom is 0.223 e. The van der Waals surface area contributed by atoms with E-state index in [0.29, 0.717) is 5.92 Å². The van der Waals surface area contributed by atoms with E-state index in [1.54, 1.807) is 11.8 Å². The molecule has 2 atom stereocenters. The van der Waals surface area contributed by atoms with Gasteiger partial charge in [0.15, 0.2) is 0 Å². The molecule has 0 fully saturated rings. The molecule has 2 nitrogen and oxygen atoms in total. The van der Waals surface area contributed by atoms with E-state index in [-0.39, 0.29) is 11.9 Å². The van der Waals surface area contributed by atoms with Crippen molar-refractivity contribution in [2.75, 3.05) is 0 Å². The van der Waals surface area contributed by atoms with E-state index in [1.807, 2.05) is 18.4 Å². The van der Waals surface area contributed by atoms with Crippen LogP contribution in [0.25, 0.3) is 0 Å². The van der Waals surface area contributed by atoms with Crippen LogP contribution >= 0.6 is 0 Å². The first-order valence-electron chi connectivity index (χ1n) is 4.52. The second-order valence-electron chi connectivity index (χ2n) is 3.59. The SMILES string of the molecule is CC(=O)N1C=C(C)C2C=CC=CC21. The molecule has 1 aliphatic heterocycles. The Morgan fingerprint density at radius 3 is 2.77 bits per heavy atom. The number of carbonyl (C=O) groups is 1. The van der Waals surface area contributed by atoms with Crippen molar-refractivity contribution in [3.05, 3.63) is 36.1 Å². The first-order valence-corrected chi connectivity index (χ1v) is 4.52. The summed E-state index contributed by atoms with van der Waals surface area (Å²) in [6.07, 6.45) is 10.2. The highest BCUT2D eigenvalue weighted by molar-refractivity contribution is 5.76. The molecule has 0 saturated carbocycles. The van der Waals surface area contributed by atoms with E-state index < -0.39 is 0 Å². The molecule has 2 rings (SSSR count). The number of rotatable bonds is 0. The third-order valence-electron chi connectivity index (χ3n) is 2.66. The molecule has 2 unspecified atom stereocenters. The van der Waals surface area contributed by atoms with Crippen LogP contribution in [0.1, 0.15) is 13.8 Å². The highest BCUT2D eigenvalue weighted by atomic mass is 16.2. The molecular weight excluding hydrogens is 162 g/mol. The summed E-state index contributed by atoms with van der Waals surface area (Å²) in [7, 11) is 0. The topological polar surface area (TPSA) is 20.3 Å². The Morgan fingerprint density at radius 2 is 2.08 bits per heavy atom. The standard InChI is InChI=1S/C11H13NO/c1-8-7-12(9(2)13)11-6-4-3-5-10(8)11/h3-7,10-11H,1-2H3. The van der Waals surface area contributed by atoms with Gasteiger partial charge >= 0.3 is 0 Å². The van der Waals surface area contributed by atoms with Gasteiger partial charge in [0.2, 0.25) is 5.91 Å². The van der Waals surface area contributed by atoms with Gasteiger partial charge in [-0.25, -0.2) is 0 Å². The Kier molecular flexibility index (Phi) is 1.83. The second-order valence-corrected chi connectivity index (χ2v) is 3.59. The Labute approximate surface area is 78.2 Å². The zero-order valence-electron chi connectivity index (χ0n) is 7.90. The van der Waals surface area contributed by atoms with Gasteiger partial charge in [0.1, 0.15) is 0 Å². The molecule has 2 heteroatoms. The molecule has 1 amide bonds. The van der Waals surface area contributed by atoms with Crippen molar-refractivity contribution in [2.24, 2.45) is 5.92 Å². The first kappa shape index (κ1) is 8.30. The number of amides is 1. The molecule has 1 aliphatic carbocycles. The van der Waals surface area contributed by atoms with Crippen LogP contribution in [-0.2, 0) is 4.79 Å². The van der Waals surface area contributed by atoms with Crippen molar-refractivity contribution < 1.29 is 4.79 Å². The van der Waals surface area contributed by atoms with Crippen LogP contribution in [0, 0.1) is 5.92 Å². The Morgan fingerprint density at radius 1 is 1.38 bits per heavy atom. The van der Waals surface area contributed by atoms with Crippen molar-refractivity contribution in [3.63, 3.8) is 0 Å². The number of hydrogen-bond acceptors (Lipinski definition) is 1. The molecule has 0 N–H and O–H groups in total. The molecule has 1 heterocycles. The Hall–Kier alpha value is -1.31. The first-order chi connectivity index (χ1) is 6.20. The zero-order valence-corrected chi connectivity index (χ0v) is 7.90. The summed E-state index contributed by atoms with van der Waals surface area (Å²) in [5.41, 5.74) is 1.26. The number of carbonyl (C=O) groups excluding carboxylic acids is 1. The molecular formula is C11H13NO. The summed E-state index contributed by atoms with van der Waals surface area (Å²) >= 11 is 0. The van der Waals surface area contributed by atoms with Crippen molar-refractivity contribution in [1.82, 2.24) is 4.90 Å². The predicted octanol–water partition coefficient (Wildman–Crippen LogP) is 1.86. The normalized spacial score (nSPS) is 30.3. The zero-order chi connectivity index (χ0) is 9.42. The fourth-order valence-electron chi connectivity index (χ4n) is 1.97. The van der Waals surface area contributed by atoms with E-state index in [1.165, 1.54) is 5.57 Å². The lowest BCUT2D eigenvalue weighted by molar-refractivity contribution is -0.127. The molecule has 68 valence electrons. The predicted molar refractivity (Wildman–Crippen MR) is 51.8 cm³/mol. The Balaban J connectivity index is 2.31. The molecule has 2 aliphatic rings. The summed E-state index contributed by atoms with van der Waals surface area (Å²) in [6, 6.07) is 0.225. The second kappa shape index (κ2) is 2.87. The number of hydrogen-bond donors (Lipinski definition) is 0. The maximum atomic E-state index is 11.3. The van der Waals surface area contributed by atoms with E-state index in [0.717, 1.165) is 0 Å². The molecule has 0 bridgehead atoms. The molecule has 0 aromatic heterocycles. The van der Waals surface area contributed by atoms with Gasteiger partial charge in [-0.2, -0.15) is 0 Å². The minimum atomic E-state index is 0.117. The number of nitrogens with zero attached hydrogens (tertiary/aromatic N) is 1. The third kappa shape index (κ3) is 1.22. The van der Waals surface area contributed by atoms with Crippen molar-refractivity contribution >= 4 is 5.91 Å². The highest BCUT2D eigenvalue weighted by Crippen LogP contribution is 2.32. The lowest BCUT2D eigenvalue weighted by atomic mass is 9.92. The van der Waals surface area contributed by atoms with Crippen LogP contribution in [0.5, 0.6) is 0 Å². The van der Waals surface area contributed by atoms with E-state index in [4.69, 9.17) is 0 Å². The molecule has 0 spiro atoms. The average molecular weight is 175 g/mol. The van der Waals surface area contributed by atoms with E-state index in [2.05, 4.69) is 19.1 Å². The van der Waals surface area contributed by atoms with Gasteiger partial charge in [-0.3, -0.25) is 4.79 Å². The van der Waals surface area contributed by atoms with Gasteiger partial charge in [-0.1, -0.05) is 24.3 Å². The number of fused-ring (bicyclic) bond motifs is 1. The van der Waals surface area contributed by atoms with Gasteiger partial charge in [-0.15, -0.1) is 0 Å².